The molecule has 52 heavy (non-hydrogen) atoms. The van der Waals surface area contributed by atoms with Gasteiger partial charge in [0.25, 0.3) is 0 Å². The number of piperidine rings is 1. The Morgan fingerprint density at radius 1 is 0.865 bits per heavy atom. The molecule has 1 aliphatic carbocycles. The van der Waals surface area contributed by atoms with Crippen LogP contribution in [0.3, 0.4) is 0 Å². The van der Waals surface area contributed by atoms with Crippen LogP contribution in [-0.2, 0) is 42.7 Å². The number of methoxy groups -OCH3 is 1. The van der Waals surface area contributed by atoms with Gasteiger partial charge in [0.2, 0.25) is 5.95 Å². The highest BCUT2D eigenvalue weighted by Gasteiger charge is 2.42. The number of benzene rings is 1. The number of amides is 1. The Hall–Kier alpha value is -4.31. The van der Waals surface area contributed by atoms with E-state index in [9.17, 15) is 40.7 Å². The molecule has 1 aromatic carbocycles. The second-order valence-electron chi connectivity index (χ2n) is 13.0. The molecule has 1 aromatic heterocycles. The van der Waals surface area contributed by atoms with Crippen molar-refractivity contribution < 1.29 is 59.7 Å². The Kier molecular flexibility index (Phi) is 13.6. The summed E-state index contributed by atoms with van der Waals surface area (Å²) in [5, 5.41) is 0. The van der Waals surface area contributed by atoms with Crippen LogP contribution in [0.15, 0.2) is 30.6 Å². The van der Waals surface area contributed by atoms with Crippen molar-refractivity contribution in [3.05, 3.63) is 47.3 Å². The van der Waals surface area contributed by atoms with Crippen LogP contribution in [0.2, 0.25) is 0 Å². The van der Waals surface area contributed by atoms with Gasteiger partial charge in [0.1, 0.15) is 19.3 Å². The molecule has 2 fully saturated rings. The van der Waals surface area contributed by atoms with Gasteiger partial charge in [-0.3, -0.25) is 9.59 Å². The van der Waals surface area contributed by atoms with Crippen LogP contribution in [0, 0.1) is 5.92 Å². The third-order valence-corrected chi connectivity index (χ3v) is 9.47. The molecular formula is C35H44F6N4O7. The van der Waals surface area contributed by atoms with Crippen molar-refractivity contribution in [3.63, 3.8) is 0 Å². The van der Waals surface area contributed by atoms with Crippen LogP contribution in [0.5, 0.6) is 5.75 Å². The quantitative estimate of drug-likeness (QED) is 0.0944. The Morgan fingerprint density at radius 2 is 1.42 bits per heavy atom. The molecule has 11 nitrogen and oxygen atoms in total. The molecule has 2 aromatic rings. The number of anilines is 1. The summed E-state index contributed by atoms with van der Waals surface area (Å²) in [5.74, 6) is -0.802. The molecule has 2 aliphatic rings. The summed E-state index contributed by atoms with van der Waals surface area (Å²) in [5.41, 5.74) is -3.13. The van der Waals surface area contributed by atoms with Gasteiger partial charge < -0.3 is 28.7 Å². The van der Waals surface area contributed by atoms with E-state index in [1.54, 1.807) is 9.80 Å². The van der Waals surface area contributed by atoms with E-state index in [0.717, 1.165) is 0 Å². The maximum absolute atomic E-state index is 13.8. The molecule has 17 heteroatoms. The molecule has 0 bridgehead atoms. The summed E-state index contributed by atoms with van der Waals surface area (Å²) in [7, 11) is 1.33. The fraction of sp³-hybridized carbons (Fsp3) is 0.629. The van der Waals surface area contributed by atoms with Crippen LogP contribution >= 0.6 is 0 Å². The highest BCUT2D eigenvalue weighted by molar-refractivity contribution is 5.72. The average molecular weight is 747 g/mol. The number of aromatic nitrogens is 2. The van der Waals surface area contributed by atoms with Crippen molar-refractivity contribution in [2.24, 2.45) is 5.92 Å². The van der Waals surface area contributed by atoms with Gasteiger partial charge in [-0.2, -0.15) is 26.3 Å². The largest absolute Gasteiger partial charge is 0.487 e. The standard InChI is InChI=1S/C35H44F6N4O7/c1-5-26-16-28(17-27(6-2)45(26)33(48)52-29-9-7-23(8-10-29)31(47)49-4)44(32-42-18-30(19-43-32)51-12-11-50-21(3)46)20-22-13-24(34(36,37)38)15-25(14-22)35(39,40)41/h13-15,18-19,23,26-29H,5-12,16-17,20H2,1-4H3/t23?,26-,27+,28?,29?. The highest BCUT2D eigenvalue weighted by Crippen LogP contribution is 2.39. The maximum atomic E-state index is 13.8. The molecule has 1 aliphatic heterocycles. The van der Waals surface area contributed by atoms with Crippen LogP contribution < -0.4 is 9.64 Å². The summed E-state index contributed by atoms with van der Waals surface area (Å²) >= 11 is 0. The van der Waals surface area contributed by atoms with Crippen LogP contribution in [-0.4, -0.2) is 77.5 Å². The van der Waals surface area contributed by atoms with Gasteiger partial charge in [0.05, 0.1) is 36.5 Å². The normalized spacial score (nSPS) is 22.3. The molecule has 4 rings (SSSR count). The summed E-state index contributed by atoms with van der Waals surface area (Å²) in [6, 6.07) is 0.171. The second-order valence-corrected chi connectivity index (χ2v) is 13.0. The molecule has 3 atom stereocenters. The Balaban J connectivity index is 1.62. The fourth-order valence-corrected chi connectivity index (χ4v) is 6.86. The van der Waals surface area contributed by atoms with E-state index < -0.39 is 48.1 Å². The Morgan fingerprint density at radius 3 is 1.90 bits per heavy atom. The van der Waals surface area contributed by atoms with Gasteiger partial charge in [-0.15, -0.1) is 0 Å². The summed E-state index contributed by atoms with van der Waals surface area (Å²) < 4.78 is 104. The van der Waals surface area contributed by atoms with Crippen molar-refractivity contribution in [2.75, 3.05) is 25.2 Å². The third kappa shape index (κ3) is 10.6. The zero-order valence-corrected chi connectivity index (χ0v) is 29.5. The first kappa shape index (κ1) is 40.5. The SMILES string of the molecule is CC[C@@H]1CC(N(Cc2cc(C(F)(F)F)cc(C(F)(F)F)c2)c2ncc(OCCOC(C)=O)cn2)C[C@H](CC)N1C(=O)OC1CCC(C(=O)OC)CC1. The molecule has 1 saturated carbocycles. The fourth-order valence-electron chi connectivity index (χ4n) is 6.86. The van der Waals surface area contributed by atoms with Gasteiger partial charge in [-0.05, 0) is 75.1 Å². The van der Waals surface area contributed by atoms with Crippen LogP contribution in [0.1, 0.15) is 88.8 Å². The van der Waals surface area contributed by atoms with Crippen molar-refractivity contribution in [3.8, 4) is 5.75 Å². The van der Waals surface area contributed by atoms with Gasteiger partial charge >= 0.3 is 30.4 Å². The second kappa shape index (κ2) is 17.5. The van der Waals surface area contributed by atoms with Crippen molar-refractivity contribution in [1.82, 2.24) is 14.9 Å². The van der Waals surface area contributed by atoms with Gasteiger partial charge in [0, 0.05) is 31.6 Å². The number of hydrogen-bond donors (Lipinski definition) is 0. The number of carbonyl (C=O) groups is 3. The summed E-state index contributed by atoms with van der Waals surface area (Å²) in [6.45, 7) is 4.57. The van der Waals surface area contributed by atoms with E-state index in [-0.39, 0.29) is 66.6 Å². The minimum absolute atomic E-state index is 0.00586. The lowest BCUT2D eigenvalue weighted by atomic mass is 9.87. The highest BCUT2D eigenvalue weighted by atomic mass is 19.4. The zero-order chi connectivity index (χ0) is 38.2. The maximum Gasteiger partial charge on any atom is 0.416 e. The topological polar surface area (TPSA) is 120 Å². The smallest absolute Gasteiger partial charge is 0.416 e. The molecule has 1 unspecified atom stereocenters. The van der Waals surface area contributed by atoms with E-state index in [1.807, 2.05) is 13.8 Å². The first-order valence-corrected chi connectivity index (χ1v) is 17.2. The minimum Gasteiger partial charge on any atom is -0.487 e. The van der Waals surface area contributed by atoms with Crippen molar-refractivity contribution in [1.29, 1.82) is 0 Å². The Labute approximate surface area is 297 Å². The lowest BCUT2D eigenvalue weighted by molar-refractivity contribution is -0.147. The predicted molar refractivity (Wildman–Crippen MR) is 174 cm³/mol. The van der Waals surface area contributed by atoms with E-state index in [4.69, 9.17) is 18.9 Å². The molecule has 2 heterocycles. The number of ether oxygens (including phenoxy) is 4. The first-order chi connectivity index (χ1) is 24.5. The van der Waals surface area contributed by atoms with Gasteiger partial charge in [0.15, 0.2) is 5.75 Å². The molecule has 0 N–H and O–H groups in total. The van der Waals surface area contributed by atoms with Gasteiger partial charge in [-0.1, -0.05) is 13.8 Å². The van der Waals surface area contributed by atoms with E-state index in [1.165, 1.54) is 26.4 Å². The van der Waals surface area contributed by atoms with Crippen molar-refractivity contribution >= 4 is 24.0 Å². The number of esters is 2. The lowest BCUT2D eigenvalue weighted by Gasteiger charge is -2.47. The van der Waals surface area contributed by atoms with Gasteiger partial charge in [-0.25, -0.2) is 14.8 Å². The summed E-state index contributed by atoms with van der Waals surface area (Å²) in [6.07, 6.45) is -4.71. The monoisotopic (exact) mass is 746 g/mol. The number of carbonyl (C=O) groups excluding carboxylic acids is 3. The van der Waals surface area contributed by atoms with E-state index in [0.29, 0.717) is 63.5 Å². The van der Waals surface area contributed by atoms with Crippen LogP contribution in [0.4, 0.5) is 37.1 Å². The first-order valence-electron chi connectivity index (χ1n) is 17.2. The average Bonchev–Trinajstić information content (AvgIpc) is 3.11. The molecule has 1 saturated heterocycles. The molecule has 1 amide bonds. The number of likely N-dealkylation sites (tertiary alicyclic amines) is 1. The summed E-state index contributed by atoms with van der Waals surface area (Å²) in [4.78, 5) is 48.6. The molecule has 0 spiro atoms. The molecule has 0 radical (unpaired) electrons. The van der Waals surface area contributed by atoms with Crippen molar-refractivity contribution in [2.45, 2.75) is 115 Å². The number of nitrogens with zero attached hydrogens (tertiary/aromatic N) is 4. The lowest BCUT2D eigenvalue weighted by Crippen LogP contribution is -2.57. The zero-order valence-electron chi connectivity index (χ0n) is 29.5. The van der Waals surface area contributed by atoms with E-state index >= 15 is 0 Å². The van der Waals surface area contributed by atoms with E-state index in [2.05, 4.69) is 9.97 Å². The minimum atomic E-state index is -5.03. The predicted octanol–water partition coefficient (Wildman–Crippen LogP) is 7.35. The third-order valence-electron chi connectivity index (χ3n) is 9.47. The van der Waals surface area contributed by atoms with Crippen LogP contribution in [0.25, 0.3) is 0 Å². The Bertz CT molecular complexity index is 1470. The number of alkyl halides is 6. The number of hydrogen-bond acceptors (Lipinski definition) is 10. The molecule has 288 valence electrons. The molecular weight excluding hydrogens is 702 g/mol. The number of halogens is 6. The number of rotatable bonds is 12.